The number of aromatic nitrogens is 1. The number of thiophene rings is 1. The molecule has 0 saturated heterocycles. The number of nitrogens with zero attached hydrogens (tertiary/aromatic N) is 2. The summed E-state index contributed by atoms with van der Waals surface area (Å²) in [6.45, 7) is 1.78. The fourth-order valence-electron chi connectivity index (χ4n) is 3.23. The van der Waals surface area contributed by atoms with Gasteiger partial charge in [-0.05, 0) is 30.0 Å². The molecule has 29 heavy (non-hydrogen) atoms. The van der Waals surface area contributed by atoms with Crippen LogP contribution >= 0.6 is 22.7 Å². The van der Waals surface area contributed by atoms with Gasteiger partial charge in [0.1, 0.15) is 6.04 Å². The van der Waals surface area contributed by atoms with Gasteiger partial charge in [-0.2, -0.15) is 0 Å². The Morgan fingerprint density at radius 3 is 2.69 bits per heavy atom. The molecule has 0 amide bonds. The van der Waals surface area contributed by atoms with Crippen LogP contribution in [0.1, 0.15) is 23.4 Å². The van der Waals surface area contributed by atoms with Gasteiger partial charge in [-0.25, -0.2) is 9.79 Å². The van der Waals surface area contributed by atoms with Crippen LogP contribution in [0.2, 0.25) is 0 Å². The van der Waals surface area contributed by atoms with Gasteiger partial charge < -0.3 is 4.74 Å². The molecule has 0 N–H and O–H groups in total. The molecule has 3 heterocycles. The van der Waals surface area contributed by atoms with Crippen molar-refractivity contribution in [2.24, 2.45) is 4.99 Å². The van der Waals surface area contributed by atoms with E-state index < -0.39 is 12.0 Å². The molecule has 146 valence electrons. The molecule has 0 fully saturated rings. The topological polar surface area (TPSA) is 60.7 Å². The first-order valence-corrected chi connectivity index (χ1v) is 10.7. The van der Waals surface area contributed by atoms with Gasteiger partial charge in [-0.1, -0.05) is 59.9 Å². The molecular formula is C22H18N2O3S2. The number of fused-ring (bicyclic) bond motifs is 1. The lowest BCUT2D eigenvalue weighted by Gasteiger charge is -2.22. The summed E-state index contributed by atoms with van der Waals surface area (Å²) in [5.41, 5.74) is 1.85. The highest BCUT2D eigenvalue weighted by molar-refractivity contribution is 7.10. The molecule has 0 spiro atoms. The zero-order valence-electron chi connectivity index (χ0n) is 15.9. The van der Waals surface area contributed by atoms with Crippen molar-refractivity contribution in [3.63, 3.8) is 0 Å². The number of ether oxygens (including phenoxy) is 1. The van der Waals surface area contributed by atoms with Crippen LogP contribution in [0.5, 0.6) is 0 Å². The second-order valence-corrected chi connectivity index (χ2v) is 8.37. The first kappa shape index (κ1) is 19.3. The van der Waals surface area contributed by atoms with Crippen molar-refractivity contribution in [2.45, 2.75) is 13.0 Å². The van der Waals surface area contributed by atoms with Crippen molar-refractivity contribution in [1.29, 1.82) is 0 Å². The van der Waals surface area contributed by atoms with E-state index >= 15 is 0 Å². The Morgan fingerprint density at radius 1 is 1.21 bits per heavy atom. The molecule has 1 unspecified atom stereocenters. The van der Waals surface area contributed by atoms with E-state index in [0.717, 1.165) is 10.4 Å². The molecule has 0 bridgehead atoms. The van der Waals surface area contributed by atoms with Gasteiger partial charge in [-0.15, -0.1) is 11.3 Å². The minimum absolute atomic E-state index is 0.168. The van der Waals surface area contributed by atoms with Gasteiger partial charge in [0.25, 0.3) is 5.56 Å². The lowest BCUT2D eigenvalue weighted by Crippen LogP contribution is -2.39. The lowest BCUT2D eigenvalue weighted by molar-refractivity contribution is -0.136. The molecule has 3 aromatic rings. The lowest BCUT2D eigenvalue weighted by atomic mass is 10.0. The van der Waals surface area contributed by atoms with Crippen molar-refractivity contribution in [3.05, 3.63) is 95.3 Å². The average Bonchev–Trinajstić information content (AvgIpc) is 3.36. The van der Waals surface area contributed by atoms with E-state index in [1.54, 1.807) is 17.6 Å². The first-order valence-electron chi connectivity index (χ1n) is 8.96. The third-order valence-corrected chi connectivity index (χ3v) is 6.50. The summed E-state index contributed by atoms with van der Waals surface area (Å²) in [5, 5.41) is 1.93. The Hall–Kier alpha value is -3.03. The summed E-state index contributed by atoms with van der Waals surface area (Å²) in [6.07, 6.45) is 5.59. The number of hydrogen-bond acceptors (Lipinski definition) is 6. The van der Waals surface area contributed by atoms with Gasteiger partial charge in [0.2, 0.25) is 0 Å². The summed E-state index contributed by atoms with van der Waals surface area (Å²) in [5.74, 6) is -0.470. The smallest absolute Gasteiger partial charge is 0.338 e. The minimum Gasteiger partial charge on any atom is -0.466 e. The normalized spacial score (nSPS) is 16.8. The summed E-state index contributed by atoms with van der Waals surface area (Å²) < 4.78 is 7.14. The SMILES string of the molecule is COC(=O)C1=C(C)N=c2sc(=C/C=C/c3ccccc3)c(=O)n2C1c1cccs1. The summed E-state index contributed by atoms with van der Waals surface area (Å²) in [6, 6.07) is 13.2. The highest BCUT2D eigenvalue weighted by Crippen LogP contribution is 2.32. The largest absolute Gasteiger partial charge is 0.466 e. The highest BCUT2D eigenvalue weighted by atomic mass is 32.1. The molecular weight excluding hydrogens is 404 g/mol. The van der Waals surface area contributed by atoms with Crippen LogP contribution in [0.3, 0.4) is 0 Å². The van der Waals surface area contributed by atoms with Gasteiger partial charge >= 0.3 is 5.97 Å². The highest BCUT2D eigenvalue weighted by Gasteiger charge is 2.33. The maximum Gasteiger partial charge on any atom is 0.338 e. The fourth-order valence-corrected chi connectivity index (χ4v) is 5.06. The van der Waals surface area contributed by atoms with E-state index in [-0.39, 0.29) is 5.56 Å². The molecule has 1 aromatic carbocycles. The number of carbonyl (C=O) groups excluding carboxylic acids is 1. The molecule has 0 saturated carbocycles. The van der Waals surface area contributed by atoms with Crippen LogP contribution < -0.4 is 14.9 Å². The van der Waals surface area contributed by atoms with Crippen molar-refractivity contribution in [1.82, 2.24) is 4.57 Å². The Balaban J connectivity index is 1.85. The molecule has 1 aliphatic rings. The number of allylic oxidation sites excluding steroid dienone is 2. The van der Waals surface area contributed by atoms with Gasteiger partial charge in [0, 0.05) is 4.88 Å². The summed E-state index contributed by atoms with van der Waals surface area (Å²) in [4.78, 5) is 31.7. The molecule has 0 aliphatic carbocycles. The van der Waals surface area contributed by atoms with Crippen LogP contribution in [-0.4, -0.2) is 17.6 Å². The quantitative estimate of drug-likeness (QED) is 0.607. The van der Waals surface area contributed by atoms with Crippen LogP contribution in [0.4, 0.5) is 0 Å². The Kier molecular flexibility index (Phi) is 5.42. The number of esters is 1. The van der Waals surface area contributed by atoms with Crippen LogP contribution in [0, 0.1) is 0 Å². The number of methoxy groups -OCH3 is 1. The zero-order chi connectivity index (χ0) is 20.4. The fraction of sp³-hybridized carbons (Fsp3) is 0.136. The Labute approximate surface area is 175 Å². The van der Waals surface area contributed by atoms with E-state index in [1.807, 2.05) is 60.0 Å². The van der Waals surface area contributed by atoms with E-state index in [9.17, 15) is 9.59 Å². The maximum atomic E-state index is 13.2. The van der Waals surface area contributed by atoms with Crippen molar-refractivity contribution < 1.29 is 9.53 Å². The summed E-state index contributed by atoms with van der Waals surface area (Å²) in [7, 11) is 1.34. The van der Waals surface area contributed by atoms with Crippen molar-refractivity contribution in [3.8, 4) is 0 Å². The van der Waals surface area contributed by atoms with E-state index in [4.69, 9.17) is 4.74 Å². The molecule has 5 nitrogen and oxygen atoms in total. The van der Waals surface area contributed by atoms with Crippen LogP contribution in [-0.2, 0) is 9.53 Å². The van der Waals surface area contributed by atoms with E-state index in [2.05, 4.69) is 4.99 Å². The van der Waals surface area contributed by atoms with E-state index in [0.29, 0.717) is 20.6 Å². The van der Waals surface area contributed by atoms with Crippen molar-refractivity contribution in [2.75, 3.05) is 7.11 Å². The molecule has 7 heteroatoms. The van der Waals surface area contributed by atoms with Crippen LogP contribution in [0.15, 0.2) is 75.0 Å². The number of benzene rings is 1. The number of thiazole rings is 1. The summed E-state index contributed by atoms with van der Waals surface area (Å²) >= 11 is 2.82. The second-order valence-electron chi connectivity index (χ2n) is 6.38. The average molecular weight is 423 g/mol. The number of carbonyl (C=O) groups is 1. The standard InChI is InChI=1S/C22H18N2O3S2/c1-14-18(21(26)27-2)19(16-12-7-13-28-16)24-20(25)17(29-22(24)23-14)11-6-10-15-8-4-3-5-9-15/h3-13,19H,1-2H3/b10-6+,17-11?. The molecule has 0 radical (unpaired) electrons. The monoisotopic (exact) mass is 422 g/mol. The van der Waals surface area contributed by atoms with Gasteiger partial charge in [-0.3, -0.25) is 9.36 Å². The number of rotatable bonds is 4. The van der Waals surface area contributed by atoms with Gasteiger partial charge in [0.15, 0.2) is 4.80 Å². The van der Waals surface area contributed by atoms with Crippen LogP contribution in [0.25, 0.3) is 12.2 Å². The predicted octanol–water partition coefficient (Wildman–Crippen LogP) is 3.13. The third-order valence-electron chi connectivity index (χ3n) is 4.58. The first-order chi connectivity index (χ1) is 14.1. The Morgan fingerprint density at radius 2 is 2.00 bits per heavy atom. The zero-order valence-corrected chi connectivity index (χ0v) is 17.5. The number of hydrogen-bond donors (Lipinski definition) is 0. The molecule has 1 aliphatic heterocycles. The molecule has 1 atom stereocenters. The molecule has 4 rings (SSSR count). The predicted molar refractivity (Wildman–Crippen MR) is 116 cm³/mol. The second kappa shape index (κ2) is 8.14. The third kappa shape index (κ3) is 3.66. The Bertz CT molecular complexity index is 1280. The van der Waals surface area contributed by atoms with Gasteiger partial charge in [0.05, 0.1) is 22.9 Å². The van der Waals surface area contributed by atoms with E-state index in [1.165, 1.54) is 29.8 Å². The minimum atomic E-state index is -0.529. The van der Waals surface area contributed by atoms with Crippen molar-refractivity contribution >= 4 is 40.8 Å². The molecule has 2 aromatic heterocycles. The maximum absolute atomic E-state index is 13.2.